The van der Waals surface area contributed by atoms with Gasteiger partial charge < -0.3 is 19.5 Å². The van der Waals surface area contributed by atoms with Gasteiger partial charge in [-0.15, -0.1) is 0 Å². The maximum atomic E-state index is 12.9. The Morgan fingerprint density at radius 3 is 2.65 bits per heavy atom. The molecule has 2 fully saturated rings. The van der Waals surface area contributed by atoms with Crippen molar-refractivity contribution >= 4 is 5.91 Å². The van der Waals surface area contributed by atoms with Crippen molar-refractivity contribution in [2.45, 2.75) is 51.0 Å². The Morgan fingerprint density at radius 1 is 1.23 bits per heavy atom. The lowest BCUT2D eigenvalue weighted by Gasteiger charge is -2.26. The Kier molecular flexibility index (Phi) is 6.14. The van der Waals surface area contributed by atoms with E-state index in [0.717, 1.165) is 18.4 Å². The molecule has 0 bridgehead atoms. The number of amides is 1. The van der Waals surface area contributed by atoms with E-state index in [9.17, 15) is 4.79 Å². The molecular weight excluding hydrogens is 332 g/mol. The van der Waals surface area contributed by atoms with Gasteiger partial charge in [0.15, 0.2) is 0 Å². The van der Waals surface area contributed by atoms with Crippen molar-refractivity contribution in [3.63, 3.8) is 0 Å². The molecule has 1 heterocycles. The molecule has 0 aromatic carbocycles. The summed E-state index contributed by atoms with van der Waals surface area (Å²) < 4.78 is 16.3. The summed E-state index contributed by atoms with van der Waals surface area (Å²) in [5.41, 5.74) is 1.03. The van der Waals surface area contributed by atoms with Crippen LogP contribution in [0.5, 0.6) is 5.88 Å². The van der Waals surface area contributed by atoms with Crippen LogP contribution in [0.25, 0.3) is 0 Å². The molecule has 26 heavy (non-hydrogen) atoms. The summed E-state index contributed by atoms with van der Waals surface area (Å²) in [6.07, 6.45) is 4.69. The zero-order valence-corrected chi connectivity index (χ0v) is 16.0. The number of nitrogens with one attached hydrogen (secondary N) is 1. The maximum absolute atomic E-state index is 12.9. The number of methoxy groups -OCH3 is 1. The third-order valence-electron chi connectivity index (χ3n) is 4.64. The first-order chi connectivity index (χ1) is 12.5. The maximum Gasteiger partial charge on any atom is 0.270 e. The highest BCUT2D eigenvalue weighted by atomic mass is 16.5. The van der Waals surface area contributed by atoms with Crippen LogP contribution in [-0.2, 0) is 9.47 Å². The van der Waals surface area contributed by atoms with Gasteiger partial charge in [-0.2, -0.15) is 0 Å². The van der Waals surface area contributed by atoms with Crippen molar-refractivity contribution in [1.82, 2.24) is 10.3 Å². The Bertz CT molecular complexity index is 624. The molecule has 0 unspecified atom stereocenters. The molecular formula is C20H30N2O4. The average molecular weight is 362 g/mol. The Labute approximate surface area is 155 Å². The Balaban J connectivity index is 1.64. The molecule has 2 aliphatic rings. The van der Waals surface area contributed by atoms with Crippen molar-refractivity contribution in [3.8, 4) is 5.88 Å². The van der Waals surface area contributed by atoms with E-state index in [1.807, 2.05) is 26.0 Å². The van der Waals surface area contributed by atoms with Gasteiger partial charge in [-0.25, -0.2) is 4.98 Å². The first kappa shape index (κ1) is 19.1. The third-order valence-corrected chi connectivity index (χ3v) is 4.64. The van der Waals surface area contributed by atoms with E-state index >= 15 is 0 Å². The third kappa shape index (κ3) is 5.68. The lowest BCUT2D eigenvalue weighted by Crippen LogP contribution is -2.47. The van der Waals surface area contributed by atoms with E-state index < -0.39 is 5.54 Å². The fraction of sp³-hybridized carbons (Fsp3) is 0.700. The van der Waals surface area contributed by atoms with Crippen LogP contribution in [0, 0.1) is 5.92 Å². The minimum atomic E-state index is -0.488. The van der Waals surface area contributed by atoms with E-state index in [4.69, 9.17) is 14.2 Å². The fourth-order valence-electron chi connectivity index (χ4n) is 2.80. The number of aromatic nitrogens is 1. The summed E-state index contributed by atoms with van der Waals surface area (Å²) in [6.45, 7) is 6.04. The highest BCUT2D eigenvalue weighted by Gasteiger charge is 2.31. The topological polar surface area (TPSA) is 69.7 Å². The number of hydrogen-bond acceptors (Lipinski definition) is 5. The first-order valence-corrected chi connectivity index (χ1v) is 9.51. The highest BCUT2D eigenvalue weighted by Crippen LogP contribution is 2.42. The predicted molar refractivity (Wildman–Crippen MR) is 98.7 cm³/mol. The summed E-state index contributed by atoms with van der Waals surface area (Å²) in [4.78, 5) is 17.4. The van der Waals surface area contributed by atoms with Crippen LogP contribution in [-0.4, -0.2) is 50.0 Å². The molecule has 2 saturated carbocycles. The van der Waals surface area contributed by atoms with Crippen molar-refractivity contribution < 1.29 is 19.0 Å². The van der Waals surface area contributed by atoms with Gasteiger partial charge >= 0.3 is 0 Å². The van der Waals surface area contributed by atoms with Gasteiger partial charge in [-0.1, -0.05) is 6.07 Å². The molecule has 1 amide bonds. The smallest absolute Gasteiger partial charge is 0.270 e. The second-order valence-corrected chi connectivity index (χ2v) is 8.00. The zero-order valence-electron chi connectivity index (χ0n) is 16.0. The van der Waals surface area contributed by atoms with Crippen LogP contribution < -0.4 is 10.1 Å². The van der Waals surface area contributed by atoms with E-state index in [-0.39, 0.29) is 5.91 Å². The Hall–Kier alpha value is -1.66. The van der Waals surface area contributed by atoms with Crippen LogP contribution >= 0.6 is 0 Å². The summed E-state index contributed by atoms with van der Waals surface area (Å²) in [7, 11) is 1.64. The van der Waals surface area contributed by atoms with E-state index in [1.165, 1.54) is 12.8 Å². The number of rotatable bonds is 11. The van der Waals surface area contributed by atoms with Crippen molar-refractivity contribution in [2.75, 3.05) is 33.5 Å². The second-order valence-electron chi connectivity index (χ2n) is 8.00. The largest absolute Gasteiger partial charge is 0.477 e. The monoisotopic (exact) mass is 362 g/mol. The molecule has 0 radical (unpaired) electrons. The van der Waals surface area contributed by atoms with Gasteiger partial charge in [-0.05, 0) is 56.9 Å². The molecule has 0 spiro atoms. The van der Waals surface area contributed by atoms with Crippen LogP contribution in [0.3, 0.4) is 0 Å². The lowest BCUT2D eigenvalue weighted by atomic mass is 10.0. The van der Waals surface area contributed by atoms with E-state index in [1.54, 1.807) is 7.11 Å². The van der Waals surface area contributed by atoms with Gasteiger partial charge in [0, 0.05) is 13.2 Å². The van der Waals surface area contributed by atoms with Crippen molar-refractivity contribution in [3.05, 3.63) is 23.4 Å². The summed E-state index contributed by atoms with van der Waals surface area (Å²) in [5, 5.41) is 3.05. The number of ether oxygens (including phenoxy) is 3. The quantitative estimate of drug-likeness (QED) is 0.613. The minimum Gasteiger partial charge on any atom is -0.477 e. The second kappa shape index (κ2) is 8.35. The molecule has 0 aliphatic heterocycles. The average Bonchev–Trinajstić information content (AvgIpc) is 3.49. The molecule has 144 valence electrons. The molecule has 1 aromatic rings. The van der Waals surface area contributed by atoms with Crippen LogP contribution in [0.4, 0.5) is 0 Å². The number of carbonyl (C=O) groups is 1. The zero-order chi connectivity index (χ0) is 18.6. The number of nitrogens with zero attached hydrogens (tertiary/aromatic N) is 1. The van der Waals surface area contributed by atoms with Crippen LogP contribution in [0.1, 0.15) is 61.5 Å². The highest BCUT2D eigenvalue weighted by molar-refractivity contribution is 5.94. The van der Waals surface area contributed by atoms with Crippen LogP contribution in [0.2, 0.25) is 0 Å². The molecule has 0 atom stereocenters. The van der Waals surface area contributed by atoms with Crippen molar-refractivity contribution in [1.29, 1.82) is 0 Å². The number of carbonyl (C=O) groups excluding carboxylic acids is 1. The molecule has 1 aromatic heterocycles. The Morgan fingerprint density at radius 2 is 2.00 bits per heavy atom. The number of hydrogen-bond donors (Lipinski definition) is 1. The molecule has 1 N–H and O–H groups in total. The van der Waals surface area contributed by atoms with Gasteiger partial charge in [-0.3, -0.25) is 4.79 Å². The van der Waals surface area contributed by atoms with Crippen LogP contribution in [0.15, 0.2) is 12.1 Å². The molecule has 6 nitrogen and oxygen atoms in total. The molecule has 6 heteroatoms. The lowest BCUT2D eigenvalue weighted by molar-refractivity contribution is 0.0398. The molecule has 3 rings (SSSR count). The standard InChI is InChI=1S/C20H30N2O4/c1-20(2,13-25-11-10-24-3)22-19(23)18-16(15-6-7-15)8-9-17(21-18)26-12-14-4-5-14/h8-9,14-15H,4-7,10-13H2,1-3H3,(H,22,23). The van der Waals surface area contributed by atoms with E-state index in [0.29, 0.717) is 49.8 Å². The molecule has 2 aliphatic carbocycles. The summed E-state index contributed by atoms with van der Waals surface area (Å²) in [5.74, 6) is 1.48. The summed E-state index contributed by atoms with van der Waals surface area (Å²) in [6, 6.07) is 3.90. The number of pyridine rings is 1. The fourth-order valence-corrected chi connectivity index (χ4v) is 2.80. The normalized spacial score (nSPS) is 17.2. The minimum absolute atomic E-state index is 0.163. The van der Waals surface area contributed by atoms with Gasteiger partial charge in [0.1, 0.15) is 5.69 Å². The van der Waals surface area contributed by atoms with E-state index in [2.05, 4.69) is 10.3 Å². The van der Waals surface area contributed by atoms with Crippen molar-refractivity contribution in [2.24, 2.45) is 5.92 Å². The molecule has 0 saturated heterocycles. The first-order valence-electron chi connectivity index (χ1n) is 9.51. The van der Waals surface area contributed by atoms with Gasteiger partial charge in [0.25, 0.3) is 5.91 Å². The van der Waals surface area contributed by atoms with Gasteiger partial charge in [0.2, 0.25) is 5.88 Å². The SMILES string of the molecule is COCCOCC(C)(C)NC(=O)c1nc(OCC2CC2)ccc1C1CC1. The van der Waals surface area contributed by atoms with Gasteiger partial charge in [0.05, 0.1) is 32.0 Å². The predicted octanol–water partition coefficient (Wildman–Crippen LogP) is 2.92. The summed E-state index contributed by atoms with van der Waals surface area (Å²) >= 11 is 0.